The summed E-state index contributed by atoms with van der Waals surface area (Å²) in [5, 5.41) is 13.7. The van der Waals surface area contributed by atoms with Gasteiger partial charge in [0.2, 0.25) is 11.5 Å². The molecule has 1 saturated heterocycles. The second-order valence-electron chi connectivity index (χ2n) is 6.33. The zero-order chi connectivity index (χ0) is 23.6. The number of carbonyl (C=O) groups excluding carboxylic acids is 4. The number of amides is 3. The van der Waals surface area contributed by atoms with Gasteiger partial charge in [0.1, 0.15) is 11.5 Å². The van der Waals surface area contributed by atoms with Crippen LogP contribution in [-0.2, 0) is 20.9 Å². The van der Waals surface area contributed by atoms with Gasteiger partial charge in [-0.25, -0.2) is 9.59 Å². The van der Waals surface area contributed by atoms with Crippen LogP contribution < -0.4 is 10.1 Å². The van der Waals surface area contributed by atoms with Gasteiger partial charge in [-0.3, -0.25) is 24.6 Å². The van der Waals surface area contributed by atoms with Crippen molar-refractivity contribution in [3.63, 3.8) is 0 Å². The average molecular weight is 508 g/mol. The molecule has 1 aliphatic rings. The lowest BCUT2D eigenvalue weighted by atomic mass is 10.1. The van der Waals surface area contributed by atoms with Crippen LogP contribution in [0.1, 0.15) is 28.8 Å². The Morgan fingerprint density at radius 1 is 1.31 bits per heavy atom. The Bertz CT molecular complexity index is 1180. The van der Waals surface area contributed by atoms with Crippen molar-refractivity contribution >= 4 is 51.6 Å². The molecule has 0 unspecified atom stereocenters. The number of hydrogen-bond donors (Lipinski definition) is 1. The number of hydrogen-bond acceptors (Lipinski definition) is 9. The number of urea groups is 1. The van der Waals surface area contributed by atoms with Crippen molar-refractivity contribution < 1.29 is 38.0 Å². The smallest absolute Gasteiger partial charge is 0.373 e. The first-order chi connectivity index (χ1) is 15.1. The molecule has 0 radical (unpaired) electrons. The highest BCUT2D eigenvalue weighted by molar-refractivity contribution is 9.10. The van der Waals surface area contributed by atoms with Crippen molar-refractivity contribution in [3.05, 3.63) is 61.6 Å². The van der Waals surface area contributed by atoms with Gasteiger partial charge in [0, 0.05) is 23.0 Å². The molecule has 0 bridgehead atoms. The molecular weight excluding hydrogens is 494 g/mol. The largest absolute Gasteiger partial charge is 0.463 e. The summed E-state index contributed by atoms with van der Waals surface area (Å²) in [6.45, 7) is 0.785. The number of imide groups is 1. The monoisotopic (exact) mass is 507 g/mol. The van der Waals surface area contributed by atoms with E-state index in [1.165, 1.54) is 25.3 Å². The Kier molecular flexibility index (Phi) is 6.39. The zero-order valence-corrected chi connectivity index (χ0v) is 18.1. The highest BCUT2D eigenvalue weighted by atomic mass is 79.9. The van der Waals surface area contributed by atoms with Crippen molar-refractivity contribution in [2.24, 2.45) is 0 Å². The molecule has 32 heavy (non-hydrogen) atoms. The van der Waals surface area contributed by atoms with Gasteiger partial charge < -0.3 is 19.2 Å². The molecule has 0 atom stereocenters. The second kappa shape index (κ2) is 9.01. The fraction of sp³-hybridized carbons (Fsp3) is 0.158. The van der Waals surface area contributed by atoms with E-state index in [-0.39, 0.29) is 39.5 Å². The average Bonchev–Trinajstić information content (AvgIpc) is 3.29. The Labute approximate surface area is 188 Å². The van der Waals surface area contributed by atoms with Gasteiger partial charge in [0.25, 0.3) is 5.91 Å². The molecular formula is C19H14BrN3O9. The molecule has 2 aromatic rings. The maximum atomic E-state index is 12.7. The van der Waals surface area contributed by atoms with Crippen molar-refractivity contribution in [2.45, 2.75) is 13.5 Å². The van der Waals surface area contributed by atoms with Crippen LogP contribution in [0.25, 0.3) is 6.08 Å². The predicted octanol–water partition coefficient (Wildman–Crippen LogP) is 2.76. The summed E-state index contributed by atoms with van der Waals surface area (Å²) in [6, 6.07) is 4.48. The number of nitrogens with one attached hydrogen (secondary N) is 1. The number of carbonyl (C=O) groups is 4. The quantitative estimate of drug-likeness (QED) is 0.155. The van der Waals surface area contributed by atoms with Gasteiger partial charge in [0.05, 0.1) is 18.6 Å². The van der Waals surface area contributed by atoms with Crippen LogP contribution >= 0.6 is 15.9 Å². The van der Waals surface area contributed by atoms with Crippen molar-refractivity contribution in [1.82, 2.24) is 10.2 Å². The molecule has 2 heterocycles. The molecule has 12 nitrogen and oxygen atoms in total. The van der Waals surface area contributed by atoms with Gasteiger partial charge in [-0.2, -0.15) is 0 Å². The van der Waals surface area contributed by atoms with Crippen LogP contribution in [-0.4, -0.2) is 40.8 Å². The molecule has 0 saturated carbocycles. The summed E-state index contributed by atoms with van der Waals surface area (Å²) < 4.78 is 15.1. The standard InChI is InChI=1S/C19H14BrN3O9/c1-9(24)31-16-10(5-11(20)7-14(16)23(28)29)6-13-17(25)22(19(27)21-13)8-12-3-4-15(32-12)18(26)30-2/h3-7H,8H2,1-2H3,(H,21,27)/b13-6-. The zero-order valence-electron chi connectivity index (χ0n) is 16.5. The highest BCUT2D eigenvalue weighted by Crippen LogP contribution is 2.36. The topological polar surface area (TPSA) is 158 Å². The van der Waals surface area contributed by atoms with E-state index in [0.717, 1.165) is 24.0 Å². The van der Waals surface area contributed by atoms with E-state index in [0.29, 0.717) is 0 Å². The van der Waals surface area contributed by atoms with Gasteiger partial charge in [-0.1, -0.05) is 15.9 Å². The first-order valence-corrected chi connectivity index (χ1v) is 9.58. The Hall–Kier alpha value is -4.00. The number of ether oxygens (including phenoxy) is 2. The van der Waals surface area contributed by atoms with E-state index in [4.69, 9.17) is 9.15 Å². The van der Waals surface area contributed by atoms with E-state index in [2.05, 4.69) is 26.0 Å². The fourth-order valence-corrected chi connectivity index (χ4v) is 3.26. The number of nitrogens with zero attached hydrogens (tertiary/aromatic N) is 2. The summed E-state index contributed by atoms with van der Waals surface area (Å²) in [5.74, 6) is -2.62. The van der Waals surface area contributed by atoms with Gasteiger partial charge in [0.15, 0.2) is 0 Å². The van der Waals surface area contributed by atoms with Gasteiger partial charge in [-0.15, -0.1) is 0 Å². The normalized spacial score (nSPS) is 14.5. The summed E-state index contributed by atoms with van der Waals surface area (Å²) in [5.41, 5.74) is -0.714. The third kappa shape index (κ3) is 4.67. The number of methoxy groups -OCH3 is 1. The molecule has 1 N–H and O–H groups in total. The molecule has 1 aliphatic heterocycles. The number of benzene rings is 1. The molecule has 0 aliphatic carbocycles. The number of nitro benzene ring substituents is 1. The molecule has 1 fully saturated rings. The molecule has 166 valence electrons. The third-order valence-corrected chi connectivity index (χ3v) is 4.59. The molecule has 3 amide bonds. The van der Waals surface area contributed by atoms with Crippen molar-refractivity contribution in [2.75, 3.05) is 7.11 Å². The Morgan fingerprint density at radius 3 is 2.66 bits per heavy atom. The second-order valence-corrected chi connectivity index (χ2v) is 7.25. The molecule has 1 aromatic carbocycles. The van der Waals surface area contributed by atoms with Gasteiger partial charge in [-0.05, 0) is 24.3 Å². The summed E-state index contributed by atoms with van der Waals surface area (Å²) in [4.78, 5) is 59.4. The lowest BCUT2D eigenvalue weighted by Crippen LogP contribution is -2.30. The summed E-state index contributed by atoms with van der Waals surface area (Å²) in [7, 11) is 1.18. The minimum Gasteiger partial charge on any atom is -0.463 e. The fourth-order valence-electron chi connectivity index (χ4n) is 2.80. The predicted molar refractivity (Wildman–Crippen MR) is 109 cm³/mol. The van der Waals surface area contributed by atoms with Crippen LogP contribution in [0.5, 0.6) is 5.75 Å². The summed E-state index contributed by atoms with van der Waals surface area (Å²) >= 11 is 3.13. The van der Waals surface area contributed by atoms with Crippen LogP contribution in [0.15, 0.2) is 38.9 Å². The van der Waals surface area contributed by atoms with Crippen molar-refractivity contribution in [3.8, 4) is 5.75 Å². The SMILES string of the molecule is COC(=O)c1ccc(CN2C(=O)N/C(=C\c3cc(Br)cc([N+](=O)[O-])c3OC(C)=O)C2=O)o1. The van der Waals surface area contributed by atoms with E-state index in [9.17, 15) is 29.3 Å². The van der Waals surface area contributed by atoms with Crippen LogP contribution in [0.4, 0.5) is 10.5 Å². The lowest BCUT2D eigenvalue weighted by molar-refractivity contribution is -0.385. The minimum absolute atomic E-state index is 0.0118. The van der Waals surface area contributed by atoms with E-state index < -0.39 is 34.5 Å². The maximum absolute atomic E-state index is 12.7. The van der Waals surface area contributed by atoms with Crippen LogP contribution in [0, 0.1) is 10.1 Å². The summed E-state index contributed by atoms with van der Waals surface area (Å²) in [6.07, 6.45) is 1.15. The first kappa shape index (κ1) is 22.7. The Balaban J connectivity index is 1.93. The van der Waals surface area contributed by atoms with Crippen LogP contribution in [0.3, 0.4) is 0 Å². The number of nitro groups is 1. The number of rotatable bonds is 6. The van der Waals surface area contributed by atoms with E-state index in [1.807, 2.05) is 0 Å². The maximum Gasteiger partial charge on any atom is 0.373 e. The van der Waals surface area contributed by atoms with E-state index >= 15 is 0 Å². The molecule has 3 rings (SSSR count). The molecule has 1 aromatic heterocycles. The lowest BCUT2D eigenvalue weighted by Gasteiger charge is -2.09. The van der Waals surface area contributed by atoms with E-state index in [1.54, 1.807) is 0 Å². The number of furan rings is 1. The number of esters is 2. The molecule has 13 heteroatoms. The first-order valence-electron chi connectivity index (χ1n) is 8.78. The van der Waals surface area contributed by atoms with Crippen LogP contribution in [0.2, 0.25) is 0 Å². The molecule has 0 spiro atoms. The minimum atomic E-state index is -0.808. The number of halogens is 1. The van der Waals surface area contributed by atoms with Crippen molar-refractivity contribution in [1.29, 1.82) is 0 Å². The third-order valence-electron chi connectivity index (χ3n) is 4.13. The highest BCUT2D eigenvalue weighted by Gasteiger charge is 2.35. The van der Waals surface area contributed by atoms with Gasteiger partial charge >= 0.3 is 23.7 Å². The Morgan fingerprint density at radius 2 is 2.03 bits per heavy atom.